The van der Waals surface area contributed by atoms with Gasteiger partial charge in [0.2, 0.25) is 0 Å². The summed E-state index contributed by atoms with van der Waals surface area (Å²) >= 11 is 0. The molecule has 1 rings (SSSR count). The number of hydrogen-bond acceptors (Lipinski definition) is 3. The molecule has 19 heavy (non-hydrogen) atoms. The van der Waals surface area contributed by atoms with Gasteiger partial charge in [-0.05, 0) is 50.5 Å². The molecule has 0 saturated carbocycles. The van der Waals surface area contributed by atoms with Crippen LogP contribution in [-0.4, -0.2) is 25.9 Å². The average Bonchev–Trinajstić information content (AvgIpc) is 2.34. The van der Waals surface area contributed by atoms with Gasteiger partial charge in [0.25, 0.3) is 0 Å². The molecule has 0 spiro atoms. The van der Waals surface area contributed by atoms with Gasteiger partial charge in [-0.2, -0.15) is 0 Å². The van der Waals surface area contributed by atoms with E-state index >= 15 is 0 Å². The Morgan fingerprint density at radius 2 is 1.68 bits per heavy atom. The Kier molecular flexibility index (Phi) is 7.34. The maximum Gasteiger partial charge on any atom is 0.119 e. The summed E-state index contributed by atoms with van der Waals surface area (Å²) in [7, 11) is 0. The average molecular weight is 265 g/mol. The quantitative estimate of drug-likeness (QED) is 0.686. The third-order valence-electron chi connectivity index (χ3n) is 2.64. The van der Waals surface area contributed by atoms with Crippen molar-refractivity contribution in [2.75, 3.05) is 25.1 Å². The van der Waals surface area contributed by atoms with Crippen molar-refractivity contribution in [3.05, 3.63) is 24.3 Å². The Morgan fingerprint density at radius 3 is 2.26 bits per heavy atom. The minimum Gasteiger partial charge on any atom is -0.491 e. The summed E-state index contributed by atoms with van der Waals surface area (Å²) < 4.78 is 11.2. The van der Waals surface area contributed by atoms with Crippen molar-refractivity contribution in [2.45, 2.75) is 40.2 Å². The van der Waals surface area contributed by atoms with Crippen LogP contribution in [0.15, 0.2) is 24.3 Å². The molecule has 0 saturated heterocycles. The first-order chi connectivity index (χ1) is 9.08. The first-order valence-electron chi connectivity index (χ1n) is 7.16. The van der Waals surface area contributed by atoms with Crippen molar-refractivity contribution in [3.8, 4) is 5.75 Å². The summed E-state index contributed by atoms with van der Waals surface area (Å²) in [6.45, 7) is 10.9. The van der Waals surface area contributed by atoms with E-state index in [-0.39, 0.29) is 6.10 Å². The first-order valence-corrected chi connectivity index (χ1v) is 7.16. The van der Waals surface area contributed by atoms with E-state index in [4.69, 9.17) is 9.47 Å². The van der Waals surface area contributed by atoms with Gasteiger partial charge in [-0.1, -0.05) is 13.8 Å². The highest BCUT2D eigenvalue weighted by Gasteiger charge is 1.98. The van der Waals surface area contributed by atoms with Crippen LogP contribution in [0.5, 0.6) is 5.75 Å². The molecule has 0 aromatic heterocycles. The lowest BCUT2D eigenvalue weighted by Gasteiger charge is -2.11. The molecule has 3 heteroatoms. The van der Waals surface area contributed by atoms with E-state index in [9.17, 15) is 0 Å². The van der Waals surface area contributed by atoms with Crippen molar-refractivity contribution in [1.82, 2.24) is 0 Å². The predicted octanol–water partition coefficient (Wildman–Crippen LogP) is 3.95. The van der Waals surface area contributed by atoms with Crippen LogP contribution >= 0.6 is 0 Å². The van der Waals surface area contributed by atoms with E-state index in [1.165, 1.54) is 0 Å². The fraction of sp³-hybridized carbons (Fsp3) is 0.625. The Balaban J connectivity index is 2.16. The van der Waals surface area contributed by atoms with E-state index < -0.39 is 0 Å². The third-order valence-corrected chi connectivity index (χ3v) is 2.64. The van der Waals surface area contributed by atoms with Gasteiger partial charge in [-0.3, -0.25) is 0 Å². The highest BCUT2D eigenvalue weighted by atomic mass is 16.5. The minimum absolute atomic E-state index is 0.216. The number of rotatable bonds is 9. The van der Waals surface area contributed by atoms with E-state index in [1.807, 2.05) is 38.1 Å². The molecule has 0 amide bonds. The smallest absolute Gasteiger partial charge is 0.119 e. The van der Waals surface area contributed by atoms with Crippen LogP contribution < -0.4 is 10.1 Å². The van der Waals surface area contributed by atoms with E-state index in [0.29, 0.717) is 5.92 Å². The topological polar surface area (TPSA) is 30.5 Å². The standard InChI is InChI=1S/C16H27NO2/c1-13(2)9-11-18-12-10-17-15-5-7-16(8-6-15)19-14(3)4/h5-8,13-14,17H,9-12H2,1-4H3. The lowest BCUT2D eigenvalue weighted by atomic mass is 10.1. The Bertz CT molecular complexity index is 333. The van der Waals surface area contributed by atoms with Crippen LogP contribution in [0.1, 0.15) is 34.1 Å². The summed E-state index contributed by atoms with van der Waals surface area (Å²) in [5.74, 6) is 1.62. The molecule has 0 radical (unpaired) electrons. The monoisotopic (exact) mass is 265 g/mol. The molecule has 0 fully saturated rings. The van der Waals surface area contributed by atoms with Gasteiger partial charge in [0, 0.05) is 18.8 Å². The maximum atomic E-state index is 5.60. The van der Waals surface area contributed by atoms with Gasteiger partial charge in [0.05, 0.1) is 12.7 Å². The molecule has 0 bridgehead atoms. The molecule has 1 aromatic rings. The number of hydrogen-bond donors (Lipinski definition) is 1. The fourth-order valence-electron chi connectivity index (χ4n) is 1.61. The number of ether oxygens (including phenoxy) is 2. The zero-order chi connectivity index (χ0) is 14.1. The largest absolute Gasteiger partial charge is 0.491 e. The van der Waals surface area contributed by atoms with Gasteiger partial charge in [-0.15, -0.1) is 0 Å². The normalized spacial score (nSPS) is 11.1. The van der Waals surface area contributed by atoms with Gasteiger partial charge in [0.1, 0.15) is 5.75 Å². The number of benzene rings is 1. The molecule has 1 aromatic carbocycles. The molecule has 3 nitrogen and oxygen atoms in total. The van der Waals surface area contributed by atoms with Gasteiger partial charge in [-0.25, -0.2) is 0 Å². The van der Waals surface area contributed by atoms with Crippen molar-refractivity contribution < 1.29 is 9.47 Å². The van der Waals surface area contributed by atoms with Gasteiger partial charge < -0.3 is 14.8 Å². The summed E-state index contributed by atoms with van der Waals surface area (Å²) in [5, 5.41) is 3.33. The molecule has 0 atom stereocenters. The second kappa shape index (κ2) is 8.81. The van der Waals surface area contributed by atoms with Crippen LogP contribution in [-0.2, 0) is 4.74 Å². The van der Waals surface area contributed by atoms with E-state index in [0.717, 1.165) is 37.6 Å². The SMILES string of the molecule is CC(C)CCOCCNc1ccc(OC(C)C)cc1. The van der Waals surface area contributed by atoms with Crippen molar-refractivity contribution in [3.63, 3.8) is 0 Å². The zero-order valence-corrected chi connectivity index (χ0v) is 12.6. The Hall–Kier alpha value is -1.22. The Labute approximate surface area is 117 Å². The second-order valence-electron chi connectivity index (χ2n) is 5.41. The highest BCUT2D eigenvalue weighted by Crippen LogP contribution is 2.16. The molecule has 0 unspecified atom stereocenters. The number of nitrogens with one attached hydrogen (secondary N) is 1. The van der Waals surface area contributed by atoms with Crippen LogP contribution in [0.4, 0.5) is 5.69 Å². The van der Waals surface area contributed by atoms with Crippen LogP contribution in [0, 0.1) is 5.92 Å². The van der Waals surface area contributed by atoms with Crippen molar-refractivity contribution >= 4 is 5.69 Å². The molecular weight excluding hydrogens is 238 g/mol. The van der Waals surface area contributed by atoms with Crippen LogP contribution in [0.2, 0.25) is 0 Å². The minimum atomic E-state index is 0.216. The lowest BCUT2D eigenvalue weighted by Crippen LogP contribution is -2.11. The van der Waals surface area contributed by atoms with Crippen molar-refractivity contribution in [2.24, 2.45) is 5.92 Å². The summed E-state index contributed by atoms with van der Waals surface area (Å²) in [4.78, 5) is 0. The third kappa shape index (κ3) is 7.73. The Morgan fingerprint density at radius 1 is 1.00 bits per heavy atom. The van der Waals surface area contributed by atoms with E-state index in [2.05, 4.69) is 19.2 Å². The zero-order valence-electron chi connectivity index (χ0n) is 12.6. The molecular formula is C16H27NO2. The molecule has 108 valence electrons. The number of anilines is 1. The van der Waals surface area contributed by atoms with Gasteiger partial charge in [0.15, 0.2) is 0 Å². The molecule has 1 N–H and O–H groups in total. The van der Waals surface area contributed by atoms with E-state index in [1.54, 1.807) is 0 Å². The molecule has 0 aliphatic heterocycles. The van der Waals surface area contributed by atoms with Crippen molar-refractivity contribution in [1.29, 1.82) is 0 Å². The van der Waals surface area contributed by atoms with Crippen LogP contribution in [0.25, 0.3) is 0 Å². The van der Waals surface area contributed by atoms with Crippen LogP contribution in [0.3, 0.4) is 0 Å². The lowest BCUT2D eigenvalue weighted by molar-refractivity contribution is 0.132. The summed E-state index contributed by atoms with van der Waals surface area (Å²) in [5.41, 5.74) is 1.10. The maximum absolute atomic E-state index is 5.60. The predicted molar refractivity (Wildman–Crippen MR) is 81.0 cm³/mol. The van der Waals surface area contributed by atoms with Gasteiger partial charge >= 0.3 is 0 Å². The molecule has 0 heterocycles. The summed E-state index contributed by atoms with van der Waals surface area (Å²) in [6.07, 6.45) is 1.34. The second-order valence-corrected chi connectivity index (χ2v) is 5.41. The fourth-order valence-corrected chi connectivity index (χ4v) is 1.61. The molecule has 0 aliphatic carbocycles. The molecule has 0 aliphatic rings. The summed E-state index contributed by atoms with van der Waals surface area (Å²) in [6, 6.07) is 8.04. The first kappa shape index (κ1) is 15.8. The highest BCUT2D eigenvalue weighted by molar-refractivity contribution is 5.46.